The number of rotatable bonds is 5. The standard InChI is InChI=1S/C13H16BrNO2/c1-8(10-4-2-3-5-11(10)14)15-12(13(16)17)9-6-7-9/h2-5,8-9,12,15H,6-7H2,1H3,(H,16,17). The Morgan fingerprint density at radius 1 is 1.47 bits per heavy atom. The van der Waals surface area contributed by atoms with Crippen LogP contribution in [0.5, 0.6) is 0 Å². The van der Waals surface area contributed by atoms with E-state index in [1.807, 2.05) is 31.2 Å². The van der Waals surface area contributed by atoms with Crippen molar-refractivity contribution in [1.29, 1.82) is 0 Å². The molecule has 1 aromatic rings. The molecular weight excluding hydrogens is 282 g/mol. The quantitative estimate of drug-likeness (QED) is 0.878. The average Bonchev–Trinajstić information content (AvgIpc) is 3.09. The van der Waals surface area contributed by atoms with Crippen LogP contribution in [0.3, 0.4) is 0 Å². The minimum absolute atomic E-state index is 0.0345. The van der Waals surface area contributed by atoms with Gasteiger partial charge < -0.3 is 5.11 Å². The maximum atomic E-state index is 11.2. The number of carboxylic acid groups (broad SMARTS) is 1. The third kappa shape index (κ3) is 3.07. The van der Waals surface area contributed by atoms with E-state index in [0.29, 0.717) is 5.92 Å². The molecule has 2 rings (SSSR count). The lowest BCUT2D eigenvalue weighted by atomic mass is 10.1. The Kier molecular flexibility index (Phi) is 3.84. The molecule has 17 heavy (non-hydrogen) atoms. The molecule has 3 nitrogen and oxygen atoms in total. The largest absolute Gasteiger partial charge is 0.480 e. The molecule has 1 aromatic carbocycles. The van der Waals surface area contributed by atoms with E-state index >= 15 is 0 Å². The normalized spacial score (nSPS) is 18.7. The highest BCUT2D eigenvalue weighted by Gasteiger charge is 2.37. The first-order valence-corrected chi connectivity index (χ1v) is 6.62. The van der Waals surface area contributed by atoms with E-state index in [4.69, 9.17) is 0 Å². The van der Waals surface area contributed by atoms with Gasteiger partial charge in [-0.15, -0.1) is 0 Å². The Morgan fingerprint density at radius 2 is 2.12 bits per heavy atom. The van der Waals surface area contributed by atoms with Crippen LogP contribution in [-0.4, -0.2) is 17.1 Å². The summed E-state index contributed by atoms with van der Waals surface area (Å²) < 4.78 is 1.01. The second kappa shape index (κ2) is 5.19. The molecule has 92 valence electrons. The number of halogens is 1. The number of carbonyl (C=O) groups is 1. The zero-order valence-electron chi connectivity index (χ0n) is 9.69. The third-order valence-electron chi connectivity index (χ3n) is 3.16. The summed E-state index contributed by atoms with van der Waals surface area (Å²) in [4.78, 5) is 11.2. The zero-order chi connectivity index (χ0) is 12.4. The van der Waals surface area contributed by atoms with Crippen LogP contribution in [0.25, 0.3) is 0 Å². The van der Waals surface area contributed by atoms with Crippen molar-refractivity contribution in [2.75, 3.05) is 0 Å². The van der Waals surface area contributed by atoms with E-state index < -0.39 is 12.0 Å². The fourth-order valence-electron chi connectivity index (χ4n) is 2.02. The van der Waals surface area contributed by atoms with Crippen LogP contribution in [0.1, 0.15) is 31.4 Å². The molecule has 0 aliphatic heterocycles. The molecule has 1 saturated carbocycles. The van der Waals surface area contributed by atoms with Gasteiger partial charge in [0.1, 0.15) is 6.04 Å². The van der Waals surface area contributed by atoms with Crippen LogP contribution >= 0.6 is 15.9 Å². The Balaban J connectivity index is 2.07. The maximum Gasteiger partial charge on any atom is 0.320 e. The summed E-state index contributed by atoms with van der Waals surface area (Å²) in [5.74, 6) is -0.441. The first-order chi connectivity index (χ1) is 8.09. The molecule has 0 amide bonds. The zero-order valence-corrected chi connectivity index (χ0v) is 11.3. The van der Waals surface area contributed by atoms with Crippen molar-refractivity contribution < 1.29 is 9.90 Å². The first-order valence-electron chi connectivity index (χ1n) is 5.83. The number of benzene rings is 1. The lowest BCUT2D eigenvalue weighted by Gasteiger charge is -2.21. The van der Waals surface area contributed by atoms with Gasteiger partial charge in [0.25, 0.3) is 0 Å². The van der Waals surface area contributed by atoms with Gasteiger partial charge in [-0.2, -0.15) is 0 Å². The van der Waals surface area contributed by atoms with Crippen LogP contribution in [0.2, 0.25) is 0 Å². The van der Waals surface area contributed by atoms with Crippen LogP contribution < -0.4 is 5.32 Å². The van der Waals surface area contributed by atoms with Crippen molar-refractivity contribution >= 4 is 21.9 Å². The van der Waals surface area contributed by atoms with Crippen molar-refractivity contribution in [3.8, 4) is 0 Å². The molecule has 1 aliphatic rings. The molecule has 0 heterocycles. The fourth-order valence-corrected chi connectivity index (χ4v) is 2.65. The second-order valence-corrected chi connectivity index (χ2v) is 5.42. The highest BCUT2D eigenvalue weighted by Crippen LogP contribution is 2.34. The van der Waals surface area contributed by atoms with E-state index in [1.54, 1.807) is 0 Å². The molecule has 0 spiro atoms. The summed E-state index contributed by atoms with van der Waals surface area (Å²) in [6, 6.07) is 7.51. The molecular formula is C13H16BrNO2. The maximum absolute atomic E-state index is 11.2. The van der Waals surface area contributed by atoms with Gasteiger partial charge >= 0.3 is 5.97 Å². The van der Waals surface area contributed by atoms with Crippen molar-refractivity contribution in [2.45, 2.75) is 31.8 Å². The van der Waals surface area contributed by atoms with Crippen molar-refractivity contribution in [1.82, 2.24) is 5.32 Å². The monoisotopic (exact) mass is 297 g/mol. The predicted octanol–water partition coefficient (Wildman–Crippen LogP) is 2.96. The molecule has 1 fully saturated rings. The predicted molar refractivity (Wildman–Crippen MR) is 69.8 cm³/mol. The van der Waals surface area contributed by atoms with Crippen molar-refractivity contribution in [3.63, 3.8) is 0 Å². The van der Waals surface area contributed by atoms with E-state index in [1.165, 1.54) is 0 Å². The van der Waals surface area contributed by atoms with Crippen LogP contribution in [0.15, 0.2) is 28.7 Å². The average molecular weight is 298 g/mol. The van der Waals surface area contributed by atoms with E-state index in [0.717, 1.165) is 22.9 Å². The van der Waals surface area contributed by atoms with Crippen molar-refractivity contribution in [3.05, 3.63) is 34.3 Å². The number of aliphatic carboxylic acids is 1. The third-order valence-corrected chi connectivity index (χ3v) is 3.88. The van der Waals surface area contributed by atoms with Gasteiger partial charge in [0, 0.05) is 10.5 Å². The molecule has 2 atom stereocenters. The Bertz CT molecular complexity index is 418. The van der Waals surface area contributed by atoms with Gasteiger partial charge in [0.05, 0.1) is 0 Å². The minimum Gasteiger partial charge on any atom is -0.480 e. The molecule has 0 radical (unpaired) electrons. The van der Waals surface area contributed by atoms with Gasteiger partial charge in [0.2, 0.25) is 0 Å². The summed E-state index contributed by atoms with van der Waals surface area (Å²) in [6.07, 6.45) is 2.04. The SMILES string of the molecule is CC(NC(C(=O)O)C1CC1)c1ccccc1Br. The highest BCUT2D eigenvalue weighted by molar-refractivity contribution is 9.10. The molecule has 1 aliphatic carbocycles. The van der Waals surface area contributed by atoms with Gasteiger partial charge in [-0.25, -0.2) is 0 Å². The Morgan fingerprint density at radius 3 is 2.65 bits per heavy atom. The smallest absolute Gasteiger partial charge is 0.320 e. The lowest BCUT2D eigenvalue weighted by Crippen LogP contribution is -2.40. The Labute approximate surface area is 109 Å². The Hall–Kier alpha value is -0.870. The molecule has 0 saturated heterocycles. The van der Waals surface area contributed by atoms with Crippen molar-refractivity contribution in [2.24, 2.45) is 5.92 Å². The van der Waals surface area contributed by atoms with Gasteiger partial charge in [-0.3, -0.25) is 10.1 Å². The topological polar surface area (TPSA) is 49.3 Å². The molecule has 2 N–H and O–H groups in total. The summed E-state index contributed by atoms with van der Waals surface area (Å²) in [5, 5.41) is 12.4. The molecule has 0 aromatic heterocycles. The van der Waals surface area contributed by atoms with E-state index in [9.17, 15) is 9.90 Å². The molecule has 0 bridgehead atoms. The summed E-state index contributed by atoms with van der Waals surface area (Å²) in [5.41, 5.74) is 1.10. The van der Waals surface area contributed by atoms with Crippen LogP contribution in [0.4, 0.5) is 0 Å². The van der Waals surface area contributed by atoms with E-state index in [2.05, 4.69) is 21.2 Å². The van der Waals surface area contributed by atoms with Crippen LogP contribution in [0, 0.1) is 5.92 Å². The van der Waals surface area contributed by atoms with Gasteiger partial charge in [-0.05, 0) is 37.3 Å². The number of hydrogen-bond acceptors (Lipinski definition) is 2. The summed E-state index contributed by atoms with van der Waals surface area (Å²) >= 11 is 3.49. The summed E-state index contributed by atoms with van der Waals surface area (Å²) in [7, 11) is 0. The molecule has 2 unspecified atom stereocenters. The van der Waals surface area contributed by atoms with Gasteiger partial charge in [0.15, 0.2) is 0 Å². The highest BCUT2D eigenvalue weighted by atomic mass is 79.9. The number of hydrogen-bond donors (Lipinski definition) is 2. The van der Waals surface area contributed by atoms with Crippen LogP contribution in [-0.2, 0) is 4.79 Å². The first kappa shape index (κ1) is 12.6. The van der Waals surface area contributed by atoms with E-state index in [-0.39, 0.29) is 6.04 Å². The number of carboxylic acids is 1. The number of nitrogens with one attached hydrogen (secondary N) is 1. The second-order valence-electron chi connectivity index (χ2n) is 4.56. The fraction of sp³-hybridized carbons (Fsp3) is 0.462. The van der Waals surface area contributed by atoms with Gasteiger partial charge in [-0.1, -0.05) is 34.1 Å². The summed E-state index contributed by atoms with van der Waals surface area (Å²) in [6.45, 7) is 2.00. The molecule has 4 heteroatoms. The minimum atomic E-state index is -0.744. The lowest BCUT2D eigenvalue weighted by molar-refractivity contribution is -0.140.